The molecule has 0 saturated carbocycles. The van der Waals surface area contributed by atoms with Gasteiger partial charge < -0.3 is 10.6 Å². The second kappa shape index (κ2) is 8.89. The zero-order chi connectivity index (χ0) is 18.2. The second-order valence-corrected chi connectivity index (χ2v) is 5.60. The second-order valence-electron chi connectivity index (χ2n) is 5.60. The molecule has 0 aliphatic heterocycles. The molecule has 2 amide bonds. The van der Waals surface area contributed by atoms with Gasteiger partial charge in [-0.3, -0.25) is 14.5 Å². The molecule has 0 spiro atoms. The van der Waals surface area contributed by atoms with E-state index in [2.05, 4.69) is 10.6 Å². The highest BCUT2D eigenvalue weighted by atomic mass is 19.1. The average Bonchev–Trinajstić information content (AvgIpc) is 2.57. The van der Waals surface area contributed by atoms with Crippen LogP contribution >= 0.6 is 0 Å². The quantitative estimate of drug-likeness (QED) is 0.807. The number of likely N-dealkylation sites (N-methyl/N-ethyl adjacent to an activating group) is 1. The summed E-state index contributed by atoms with van der Waals surface area (Å²) in [6.07, 6.45) is 0. The predicted octanol–water partition coefficient (Wildman–Crippen LogP) is 2.15. The Morgan fingerprint density at radius 2 is 1.68 bits per heavy atom. The van der Waals surface area contributed by atoms with Gasteiger partial charge in [0.2, 0.25) is 11.8 Å². The van der Waals surface area contributed by atoms with Crippen molar-refractivity contribution in [1.29, 1.82) is 0 Å². The summed E-state index contributed by atoms with van der Waals surface area (Å²) in [5.74, 6) is -1.50. The number of rotatable bonds is 7. The molecule has 2 aromatic carbocycles. The lowest BCUT2D eigenvalue weighted by Crippen LogP contribution is -2.39. The van der Waals surface area contributed by atoms with Crippen LogP contribution in [0.1, 0.15) is 5.56 Å². The number of hydrogen-bond donors (Lipinski definition) is 2. The minimum absolute atomic E-state index is 0.0260. The summed E-state index contributed by atoms with van der Waals surface area (Å²) in [7, 11) is 1.69. The molecule has 2 N–H and O–H groups in total. The van der Waals surface area contributed by atoms with Gasteiger partial charge in [-0.15, -0.1) is 0 Å². The van der Waals surface area contributed by atoms with Crippen LogP contribution in [0.25, 0.3) is 0 Å². The van der Waals surface area contributed by atoms with Crippen molar-refractivity contribution in [3.05, 3.63) is 65.7 Å². The number of carbonyl (C=O) groups excluding carboxylic acids is 2. The summed E-state index contributed by atoms with van der Waals surface area (Å²) in [6.45, 7) is 0.101. The molecule has 0 radical (unpaired) electrons. The molecule has 0 bridgehead atoms. The first kappa shape index (κ1) is 18.5. The monoisotopic (exact) mass is 347 g/mol. The maximum absolute atomic E-state index is 13.6. The highest BCUT2D eigenvalue weighted by Gasteiger charge is 2.11. The number of carbonyl (C=O) groups is 2. The van der Waals surface area contributed by atoms with Gasteiger partial charge in [-0.1, -0.05) is 18.2 Å². The Hall–Kier alpha value is -2.80. The van der Waals surface area contributed by atoms with Gasteiger partial charge in [0.15, 0.2) is 0 Å². The van der Waals surface area contributed by atoms with Crippen molar-refractivity contribution in [3.8, 4) is 0 Å². The molecular formula is C18H19F2N3O2. The fraction of sp³-hybridized carbons (Fsp3) is 0.222. The van der Waals surface area contributed by atoms with Crippen LogP contribution in [0, 0.1) is 11.6 Å². The Labute approximate surface area is 144 Å². The topological polar surface area (TPSA) is 61.4 Å². The van der Waals surface area contributed by atoms with E-state index in [1.54, 1.807) is 30.1 Å². The van der Waals surface area contributed by atoms with Crippen LogP contribution in [0.15, 0.2) is 48.5 Å². The molecule has 2 aromatic rings. The van der Waals surface area contributed by atoms with Gasteiger partial charge in [-0.25, -0.2) is 8.78 Å². The Bertz CT molecular complexity index is 735. The molecule has 132 valence electrons. The Balaban J connectivity index is 1.73. The first-order chi connectivity index (χ1) is 11.9. The summed E-state index contributed by atoms with van der Waals surface area (Å²) in [5, 5.41) is 5.03. The Morgan fingerprint density at radius 3 is 2.36 bits per heavy atom. The van der Waals surface area contributed by atoms with Crippen molar-refractivity contribution in [2.24, 2.45) is 0 Å². The molecule has 0 fully saturated rings. The van der Waals surface area contributed by atoms with Crippen LogP contribution in [-0.4, -0.2) is 36.9 Å². The minimum Gasteiger partial charge on any atom is -0.346 e. The number of amides is 2. The molecule has 0 heterocycles. The summed E-state index contributed by atoms with van der Waals surface area (Å²) in [6, 6.07) is 11.7. The van der Waals surface area contributed by atoms with E-state index in [1.807, 2.05) is 0 Å². The van der Waals surface area contributed by atoms with E-state index in [1.165, 1.54) is 30.3 Å². The highest BCUT2D eigenvalue weighted by Crippen LogP contribution is 2.09. The number of nitrogens with one attached hydrogen (secondary N) is 2. The van der Waals surface area contributed by atoms with Gasteiger partial charge in [-0.05, 0) is 37.4 Å². The van der Waals surface area contributed by atoms with E-state index in [4.69, 9.17) is 0 Å². The van der Waals surface area contributed by atoms with Crippen molar-refractivity contribution in [3.63, 3.8) is 0 Å². The van der Waals surface area contributed by atoms with Gasteiger partial charge in [0.05, 0.1) is 13.1 Å². The lowest BCUT2D eigenvalue weighted by Gasteiger charge is -2.16. The molecule has 0 atom stereocenters. The van der Waals surface area contributed by atoms with E-state index < -0.39 is 11.7 Å². The highest BCUT2D eigenvalue weighted by molar-refractivity contribution is 5.94. The molecule has 2 rings (SSSR count). The normalized spacial score (nSPS) is 10.6. The van der Waals surface area contributed by atoms with E-state index in [0.29, 0.717) is 11.3 Å². The SMILES string of the molecule is CN(CC(=O)NCC(=O)Nc1ccc(F)cc1)Cc1ccccc1F. The fourth-order valence-corrected chi connectivity index (χ4v) is 2.19. The third-order valence-corrected chi connectivity index (χ3v) is 3.39. The molecule has 7 heteroatoms. The maximum Gasteiger partial charge on any atom is 0.243 e. The molecular weight excluding hydrogens is 328 g/mol. The number of hydrogen-bond acceptors (Lipinski definition) is 3. The number of halogens is 2. The van der Waals surface area contributed by atoms with Crippen LogP contribution in [0.4, 0.5) is 14.5 Å². The zero-order valence-corrected chi connectivity index (χ0v) is 13.8. The molecule has 0 unspecified atom stereocenters. The van der Waals surface area contributed by atoms with Crippen molar-refractivity contribution in [2.45, 2.75) is 6.54 Å². The van der Waals surface area contributed by atoms with E-state index >= 15 is 0 Å². The van der Waals surface area contributed by atoms with Crippen molar-refractivity contribution < 1.29 is 18.4 Å². The fourth-order valence-electron chi connectivity index (χ4n) is 2.19. The zero-order valence-electron chi connectivity index (χ0n) is 13.8. The summed E-state index contributed by atoms with van der Waals surface area (Å²) < 4.78 is 26.4. The third-order valence-electron chi connectivity index (χ3n) is 3.39. The average molecular weight is 347 g/mol. The van der Waals surface area contributed by atoms with E-state index in [-0.39, 0.29) is 31.4 Å². The van der Waals surface area contributed by atoms with E-state index in [0.717, 1.165) is 0 Å². The van der Waals surface area contributed by atoms with Crippen molar-refractivity contribution in [2.75, 3.05) is 25.5 Å². The van der Waals surface area contributed by atoms with Crippen LogP contribution in [0.2, 0.25) is 0 Å². The lowest BCUT2D eigenvalue weighted by atomic mass is 10.2. The first-order valence-corrected chi connectivity index (χ1v) is 7.68. The predicted molar refractivity (Wildman–Crippen MR) is 90.8 cm³/mol. The van der Waals surface area contributed by atoms with Crippen LogP contribution in [-0.2, 0) is 16.1 Å². The summed E-state index contributed by atoms with van der Waals surface area (Å²) in [5.41, 5.74) is 0.934. The molecule has 0 aromatic heterocycles. The Kier molecular flexibility index (Phi) is 6.59. The Morgan fingerprint density at radius 1 is 1.00 bits per heavy atom. The summed E-state index contributed by atoms with van der Waals surface area (Å²) >= 11 is 0. The molecule has 5 nitrogen and oxygen atoms in total. The van der Waals surface area contributed by atoms with Gasteiger partial charge in [0, 0.05) is 17.8 Å². The largest absolute Gasteiger partial charge is 0.346 e. The minimum atomic E-state index is -0.420. The number of nitrogens with zero attached hydrogens (tertiary/aromatic N) is 1. The maximum atomic E-state index is 13.6. The standard InChI is InChI=1S/C18H19F2N3O2/c1-23(11-13-4-2-3-5-16(13)20)12-18(25)21-10-17(24)22-15-8-6-14(19)7-9-15/h2-9H,10-12H2,1H3,(H,21,25)(H,22,24). The van der Waals surface area contributed by atoms with Crippen LogP contribution < -0.4 is 10.6 Å². The van der Waals surface area contributed by atoms with Crippen molar-refractivity contribution in [1.82, 2.24) is 10.2 Å². The van der Waals surface area contributed by atoms with Crippen molar-refractivity contribution >= 4 is 17.5 Å². The van der Waals surface area contributed by atoms with Crippen LogP contribution in [0.3, 0.4) is 0 Å². The first-order valence-electron chi connectivity index (χ1n) is 7.68. The van der Waals surface area contributed by atoms with Crippen LogP contribution in [0.5, 0.6) is 0 Å². The molecule has 0 aliphatic rings. The lowest BCUT2D eigenvalue weighted by molar-refractivity contribution is -0.124. The number of anilines is 1. The van der Waals surface area contributed by atoms with Gasteiger partial charge >= 0.3 is 0 Å². The molecule has 25 heavy (non-hydrogen) atoms. The summed E-state index contributed by atoms with van der Waals surface area (Å²) in [4.78, 5) is 25.2. The van der Waals surface area contributed by atoms with Gasteiger partial charge in [-0.2, -0.15) is 0 Å². The molecule has 0 aliphatic carbocycles. The molecule has 0 saturated heterocycles. The van der Waals surface area contributed by atoms with Gasteiger partial charge in [0.25, 0.3) is 0 Å². The third kappa shape index (κ3) is 6.31. The van der Waals surface area contributed by atoms with E-state index in [9.17, 15) is 18.4 Å². The number of benzene rings is 2. The smallest absolute Gasteiger partial charge is 0.243 e. The van der Waals surface area contributed by atoms with Gasteiger partial charge in [0.1, 0.15) is 11.6 Å².